The minimum absolute atomic E-state index is 0.391. The van der Waals surface area contributed by atoms with E-state index in [9.17, 15) is 17.6 Å². The highest BCUT2D eigenvalue weighted by Gasteiger charge is 2.33. The van der Waals surface area contributed by atoms with E-state index in [4.69, 9.17) is 10.8 Å². The summed E-state index contributed by atoms with van der Waals surface area (Å²) in [7, 11) is 0. The molecule has 1 rings (SSSR count). The highest BCUT2D eigenvalue weighted by atomic mass is 19.4. The standard InChI is InChI=1S/C8H7F4NO2/c9-5-1-2-6(13)7(4(5)3-14)15-8(10,11)12/h1-2,14H,3,13H2. The van der Waals surface area contributed by atoms with Gasteiger partial charge in [0.1, 0.15) is 5.82 Å². The summed E-state index contributed by atoms with van der Waals surface area (Å²) >= 11 is 0. The number of rotatable bonds is 2. The first-order chi connectivity index (χ1) is 6.85. The predicted octanol–water partition coefficient (Wildman–Crippen LogP) is 1.80. The first-order valence-corrected chi connectivity index (χ1v) is 3.78. The molecule has 3 N–H and O–H groups in total. The Kier molecular flexibility index (Phi) is 3.04. The maximum absolute atomic E-state index is 12.9. The fourth-order valence-corrected chi connectivity index (χ4v) is 1.01. The van der Waals surface area contributed by atoms with E-state index in [1.54, 1.807) is 0 Å². The Morgan fingerprint density at radius 2 is 1.93 bits per heavy atom. The average molecular weight is 225 g/mol. The van der Waals surface area contributed by atoms with Gasteiger partial charge in [-0.2, -0.15) is 0 Å². The summed E-state index contributed by atoms with van der Waals surface area (Å²) in [4.78, 5) is 0. The summed E-state index contributed by atoms with van der Waals surface area (Å²) in [6, 6.07) is 1.78. The van der Waals surface area contributed by atoms with Crippen molar-refractivity contribution in [3.63, 3.8) is 0 Å². The van der Waals surface area contributed by atoms with E-state index in [0.29, 0.717) is 0 Å². The molecule has 0 atom stereocenters. The molecule has 15 heavy (non-hydrogen) atoms. The number of anilines is 1. The molecule has 0 aliphatic rings. The van der Waals surface area contributed by atoms with E-state index in [0.717, 1.165) is 12.1 Å². The van der Waals surface area contributed by atoms with Crippen molar-refractivity contribution >= 4 is 5.69 Å². The normalized spacial score (nSPS) is 11.5. The molecule has 0 bridgehead atoms. The molecule has 3 nitrogen and oxygen atoms in total. The van der Waals surface area contributed by atoms with Crippen molar-refractivity contribution in [3.05, 3.63) is 23.5 Å². The first kappa shape index (κ1) is 11.6. The third kappa shape index (κ3) is 2.72. The van der Waals surface area contributed by atoms with Gasteiger partial charge in [0.05, 0.1) is 17.9 Å². The van der Waals surface area contributed by atoms with Crippen LogP contribution < -0.4 is 10.5 Å². The van der Waals surface area contributed by atoms with Crippen LogP contribution in [-0.4, -0.2) is 11.5 Å². The van der Waals surface area contributed by atoms with Crippen molar-refractivity contribution in [2.24, 2.45) is 0 Å². The van der Waals surface area contributed by atoms with Gasteiger partial charge >= 0.3 is 6.36 Å². The number of hydrogen-bond donors (Lipinski definition) is 2. The van der Waals surface area contributed by atoms with Crippen LogP contribution in [0.2, 0.25) is 0 Å². The Balaban J connectivity index is 3.20. The minimum atomic E-state index is -4.98. The van der Waals surface area contributed by atoms with Crippen LogP contribution in [0.15, 0.2) is 12.1 Å². The van der Waals surface area contributed by atoms with E-state index in [2.05, 4.69) is 4.74 Å². The van der Waals surface area contributed by atoms with Crippen LogP contribution in [0, 0.1) is 5.82 Å². The average Bonchev–Trinajstić information content (AvgIpc) is 2.10. The van der Waals surface area contributed by atoms with Gasteiger partial charge in [-0.3, -0.25) is 0 Å². The predicted molar refractivity (Wildman–Crippen MR) is 43.4 cm³/mol. The molecule has 1 aromatic rings. The van der Waals surface area contributed by atoms with Crippen LogP contribution in [0.5, 0.6) is 5.75 Å². The van der Waals surface area contributed by atoms with Crippen LogP contribution in [0.1, 0.15) is 5.56 Å². The van der Waals surface area contributed by atoms with Gasteiger partial charge in [0.15, 0.2) is 5.75 Å². The zero-order chi connectivity index (χ0) is 11.6. The lowest BCUT2D eigenvalue weighted by atomic mass is 10.1. The molecule has 0 fully saturated rings. The molecule has 0 amide bonds. The van der Waals surface area contributed by atoms with E-state index < -0.39 is 35.8 Å². The van der Waals surface area contributed by atoms with Gasteiger partial charge in [-0.15, -0.1) is 13.2 Å². The SMILES string of the molecule is Nc1ccc(F)c(CO)c1OC(F)(F)F. The third-order valence-corrected chi connectivity index (χ3v) is 1.61. The number of benzene rings is 1. The minimum Gasteiger partial charge on any atom is -0.403 e. The van der Waals surface area contributed by atoms with Crippen LogP contribution in [0.25, 0.3) is 0 Å². The Labute approximate surface area is 82.1 Å². The van der Waals surface area contributed by atoms with Crippen molar-refractivity contribution in [2.75, 3.05) is 5.73 Å². The first-order valence-electron chi connectivity index (χ1n) is 3.78. The fraction of sp³-hybridized carbons (Fsp3) is 0.250. The van der Waals surface area contributed by atoms with Crippen molar-refractivity contribution < 1.29 is 27.4 Å². The summed E-state index contributed by atoms with van der Waals surface area (Å²) in [5.74, 6) is -1.91. The van der Waals surface area contributed by atoms with E-state index in [1.165, 1.54) is 0 Å². The van der Waals surface area contributed by atoms with Gasteiger partial charge in [-0.05, 0) is 12.1 Å². The maximum atomic E-state index is 12.9. The quantitative estimate of drug-likeness (QED) is 0.596. The Hall–Kier alpha value is -1.50. The van der Waals surface area contributed by atoms with Crippen molar-refractivity contribution in [1.82, 2.24) is 0 Å². The van der Waals surface area contributed by atoms with E-state index in [-0.39, 0.29) is 0 Å². The number of halogens is 4. The second-order valence-electron chi connectivity index (χ2n) is 2.65. The second kappa shape index (κ2) is 3.93. The number of aliphatic hydroxyl groups is 1. The number of hydrogen-bond acceptors (Lipinski definition) is 3. The molecular formula is C8H7F4NO2. The Morgan fingerprint density at radius 3 is 2.40 bits per heavy atom. The molecular weight excluding hydrogens is 218 g/mol. The van der Waals surface area contributed by atoms with Crippen molar-refractivity contribution in [3.8, 4) is 5.75 Å². The molecule has 0 spiro atoms. The molecule has 0 aliphatic carbocycles. The molecule has 0 radical (unpaired) electrons. The van der Waals surface area contributed by atoms with Gasteiger partial charge in [0.25, 0.3) is 0 Å². The van der Waals surface area contributed by atoms with Gasteiger partial charge in [-0.1, -0.05) is 0 Å². The molecule has 0 aromatic heterocycles. The smallest absolute Gasteiger partial charge is 0.403 e. The molecule has 0 unspecified atom stereocenters. The summed E-state index contributed by atoms with van der Waals surface area (Å²) in [5, 5.41) is 8.68. The van der Waals surface area contributed by atoms with Crippen molar-refractivity contribution in [2.45, 2.75) is 13.0 Å². The number of nitrogen functional groups attached to an aromatic ring is 1. The molecule has 1 aromatic carbocycles. The number of aliphatic hydroxyl groups excluding tert-OH is 1. The highest BCUT2D eigenvalue weighted by molar-refractivity contribution is 5.57. The largest absolute Gasteiger partial charge is 0.573 e. The molecule has 84 valence electrons. The van der Waals surface area contributed by atoms with E-state index in [1.807, 2.05) is 0 Å². The lowest BCUT2D eigenvalue weighted by Crippen LogP contribution is -2.19. The molecule has 0 aliphatic heterocycles. The molecule has 7 heteroatoms. The second-order valence-corrected chi connectivity index (χ2v) is 2.65. The number of alkyl halides is 3. The summed E-state index contributed by atoms with van der Waals surface area (Å²) in [6.07, 6.45) is -4.98. The van der Waals surface area contributed by atoms with Crippen LogP contribution in [0.3, 0.4) is 0 Å². The lowest BCUT2D eigenvalue weighted by molar-refractivity contribution is -0.274. The third-order valence-electron chi connectivity index (χ3n) is 1.61. The fourth-order valence-electron chi connectivity index (χ4n) is 1.01. The molecule has 0 saturated carbocycles. The summed E-state index contributed by atoms with van der Waals surface area (Å²) in [5.41, 5.74) is 4.16. The van der Waals surface area contributed by atoms with E-state index >= 15 is 0 Å². The zero-order valence-corrected chi connectivity index (χ0v) is 7.31. The van der Waals surface area contributed by atoms with Gasteiger partial charge < -0.3 is 15.6 Å². The van der Waals surface area contributed by atoms with Crippen LogP contribution in [-0.2, 0) is 6.61 Å². The monoisotopic (exact) mass is 225 g/mol. The topological polar surface area (TPSA) is 55.5 Å². The van der Waals surface area contributed by atoms with Gasteiger partial charge in [-0.25, -0.2) is 4.39 Å². The number of ether oxygens (including phenoxy) is 1. The maximum Gasteiger partial charge on any atom is 0.573 e. The molecule has 0 heterocycles. The Morgan fingerprint density at radius 1 is 1.33 bits per heavy atom. The van der Waals surface area contributed by atoms with Crippen LogP contribution in [0.4, 0.5) is 23.2 Å². The van der Waals surface area contributed by atoms with Crippen LogP contribution >= 0.6 is 0 Å². The molecule has 0 saturated heterocycles. The van der Waals surface area contributed by atoms with Gasteiger partial charge in [0.2, 0.25) is 0 Å². The summed E-state index contributed by atoms with van der Waals surface area (Å²) < 4.78 is 52.1. The summed E-state index contributed by atoms with van der Waals surface area (Å²) in [6.45, 7) is -0.928. The van der Waals surface area contributed by atoms with Crippen molar-refractivity contribution in [1.29, 1.82) is 0 Å². The lowest BCUT2D eigenvalue weighted by Gasteiger charge is -2.14. The highest BCUT2D eigenvalue weighted by Crippen LogP contribution is 2.33. The zero-order valence-electron chi connectivity index (χ0n) is 7.31. The van der Waals surface area contributed by atoms with Gasteiger partial charge in [0, 0.05) is 0 Å². The number of nitrogens with two attached hydrogens (primary N) is 1. The Bertz CT molecular complexity index is 364.